The smallest absolute Gasteiger partial charge is 0.197 e. The van der Waals surface area contributed by atoms with Gasteiger partial charge in [-0.05, 0) is 68.2 Å². The number of nitrogens with zero attached hydrogens (tertiary/aromatic N) is 3. The molecule has 1 unspecified atom stereocenters. The van der Waals surface area contributed by atoms with Crippen LogP contribution in [0.15, 0.2) is 57.2 Å². The van der Waals surface area contributed by atoms with Gasteiger partial charge in [0, 0.05) is 41.4 Å². The Morgan fingerprint density at radius 1 is 1.22 bits per heavy atom. The normalized spacial score (nSPS) is 20.1. The van der Waals surface area contributed by atoms with Crippen LogP contribution in [-0.4, -0.2) is 36.8 Å². The number of anilines is 1. The molecule has 2 heterocycles. The van der Waals surface area contributed by atoms with E-state index in [1.807, 2.05) is 30.3 Å². The van der Waals surface area contributed by atoms with Crippen molar-refractivity contribution in [2.75, 3.05) is 19.9 Å². The van der Waals surface area contributed by atoms with Gasteiger partial charge in [0.25, 0.3) is 0 Å². The number of hydrogen-bond donors (Lipinski definition) is 2. The highest BCUT2D eigenvalue weighted by Crippen LogP contribution is 2.43. The molecule has 1 saturated carbocycles. The molecule has 202 valence electrons. The number of nitrogens with two attached hydrogens (primary N) is 1. The molecular weight excluding hydrogens is 462 g/mol. The van der Waals surface area contributed by atoms with Crippen LogP contribution in [0, 0.1) is 17.8 Å². The molecule has 4 rings (SSSR count). The first-order chi connectivity index (χ1) is 17.6. The summed E-state index contributed by atoms with van der Waals surface area (Å²) in [5.41, 5.74) is 17.3. The topological polar surface area (TPSA) is 84.5 Å². The van der Waals surface area contributed by atoms with E-state index in [2.05, 4.69) is 66.2 Å². The maximum Gasteiger partial charge on any atom is 0.197 e. The first-order valence-electron chi connectivity index (χ1n) is 13.4. The Kier molecular flexibility index (Phi) is 9.74. The molecule has 0 spiro atoms. The third kappa shape index (κ3) is 7.11. The van der Waals surface area contributed by atoms with Gasteiger partial charge >= 0.3 is 0 Å². The number of para-hydroxylation sites is 1. The van der Waals surface area contributed by atoms with Crippen molar-refractivity contribution in [3.63, 3.8) is 0 Å². The van der Waals surface area contributed by atoms with Crippen molar-refractivity contribution in [1.29, 1.82) is 0 Å². The number of allylic oxidation sites excluding steroid dienone is 2. The van der Waals surface area contributed by atoms with Crippen molar-refractivity contribution >= 4 is 22.8 Å². The molecule has 0 bridgehead atoms. The van der Waals surface area contributed by atoms with E-state index in [4.69, 9.17) is 25.5 Å². The molecule has 37 heavy (non-hydrogen) atoms. The van der Waals surface area contributed by atoms with Crippen molar-refractivity contribution in [2.24, 2.45) is 27.7 Å². The van der Waals surface area contributed by atoms with E-state index in [9.17, 15) is 0 Å². The molecule has 0 radical (unpaired) electrons. The number of benzene rings is 1. The van der Waals surface area contributed by atoms with E-state index in [0.29, 0.717) is 17.4 Å². The van der Waals surface area contributed by atoms with Gasteiger partial charge < -0.3 is 15.6 Å². The highest BCUT2D eigenvalue weighted by Gasteiger charge is 2.30. The van der Waals surface area contributed by atoms with Gasteiger partial charge in [-0.2, -0.15) is 4.89 Å². The van der Waals surface area contributed by atoms with Gasteiger partial charge in [0.2, 0.25) is 0 Å². The zero-order valence-corrected chi connectivity index (χ0v) is 24.1. The average molecular weight is 508 g/mol. The second-order valence-corrected chi connectivity index (χ2v) is 10.8. The largest absolute Gasteiger partial charge is 0.396 e. The molecule has 3 aliphatic rings. The number of aliphatic imine (C=N–C) groups is 2. The Morgan fingerprint density at radius 3 is 2.46 bits per heavy atom. The van der Waals surface area contributed by atoms with Crippen molar-refractivity contribution in [2.45, 2.75) is 73.9 Å². The van der Waals surface area contributed by atoms with Crippen LogP contribution in [0.25, 0.3) is 5.70 Å². The molecule has 1 aliphatic carbocycles. The fourth-order valence-corrected chi connectivity index (χ4v) is 4.23. The van der Waals surface area contributed by atoms with E-state index in [-0.39, 0.29) is 12.1 Å². The summed E-state index contributed by atoms with van der Waals surface area (Å²) in [7, 11) is 3.47. The molecule has 0 amide bonds. The average Bonchev–Trinajstić information content (AvgIpc) is 3.64. The fraction of sp³-hybridized carbons (Fsp3) is 0.533. The Morgan fingerprint density at radius 2 is 1.89 bits per heavy atom. The molecule has 3 N–H and O–H groups in total. The van der Waals surface area contributed by atoms with E-state index in [1.165, 1.54) is 31.9 Å². The minimum absolute atomic E-state index is 0.0345. The number of hydrogen-bond acceptors (Lipinski definition) is 7. The predicted molar refractivity (Wildman–Crippen MR) is 155 cm³/mol. The molecule has 2 aliphatic heterocycles. The highest BCUT2D eigenvalue weighted by molar-refractivity contribution is 6.26. The lowest BCUT2D eigenvalue weighted by Gasteiger charge is -2.24. The Bertz CT molecular complexity index is 1120. The zero-order chi connectivity index (χ0) is 27.3. The summed E-state index contributed by atoms with van der Waals surface area (Å²) < 4.78 is 0. The quantitative estimate of drug-likeness (QED) is 0.180. The van der Waals surface area contributed by atoms with Crippen molar-refractivity contribution in [3.05, 3.63) is 52.8 Å². The summed E-state index contributed by atoms with van der Waals surface area (Å²) >= 11 is 0. The molecule has 1 atom stereocenters. The summed E-state index contributed by atoms with van der Waals surface area (Å²) in [6.45, 7) is 15.2. The van der Waals surface area contributed by atoms with Gasteiger partial charge in [0.15, 0.2) is 5.75 Å². The van der Waals surface area contributed by atoms with E-state index in [0.717, 1.165) is 39.7 Å². The second kappa shape index (κ2) is 12.6. The van der Waals surface area contributed by atoms with Crippen molar-refractivity contribution < 1.29 is 9.78 Å². The minimum atomic E-state index is -0.0345. The number of hydrazine groups is 1. The SMILES string of the molecule is CCC(C)C.COOc1c(N)cccc1/C(N=C(C)C1=CC2=CN(C)NC2N=C1C(C)C)=C(/C)C1CC1. The zero-order valence-electron chi connectivity index (χ0n) is 24.1. The highest BCUT2D eigenvalue weighted by atomic mass is 17.2. The number of fused-ring (bicyclic) bond motifs is 1. The molecular formula is C30H45N5O2. The van der Waals surface area contributed by atoms with Gasteiger partial charge in [0.1, 0.15) is 6.17 Å². The van der Waals surface area contributed by atoms with Crippen LogP contribution in [0.1, 0.15) is 73.3 Å². The lowest BCUT2D eigenvalue weighted by atomic mass is 9.91. The van der Waals surface area contributed by atoms with Gasteiger partial charge in [-0.3, -0.25) is 9.98 Å². The van der Waals surface area contributed by atoms with Gasteiger partial charge in [-0.1, -0.05) is 47.1 Å². The van der Waals surface area contributed by atoms with Crippen molar-refractivity contribution in [1.82, 2.24) is 10.4 Å². The minimum Gasteiger partial charge on any atom is -0.396 e. The third-order valence-corrected chi connectivity index (χ3v) is 6.90. The van der Waals surface area contributed by atoms with Crippen LogP contribution in [0.5, 0.6) is 5.75 Å². The first-order valence-corrected chi connectivity index (χ1v) is 13.4. The molecule has 1 fully saturated rings. The van der Waals surface area contributed by atoms with Gasteiger partial charge in [-0.25, -0.2) is 5.43 Å². The maximum absolute atomic E-state index is 6.22. The molecule has 7 nitrogen and oxygen atoms in total. The monoisotopic (exact) mass is 507 g/mol. The first kappa shape index (κ1) is 28.7. The summed E-state index contributed by atoms with van der Waals surface area (Å²) in [6.07, 6.45) is 7.92. The lowest BCUT2D eigenvalue weighted by Crippen LogP contribution is -2.35. The van der Waals surface area contributed by atoms with Gasteiger partial charge in [0.05, 0.1) is 18.5 Å². The Balaban J connectivity index is 0.000000695. The molecule has 1 aromatic carbocycles. The number of nitrogen functional groups attached to an aromatic ring is 1. The summed E-state index contributed by atoms with van der Waals surface area (Å²) in [5.74, 6) is 2.20. The Labute approximate surface area is 223 Å². The van der Waals surface area contributed by atoms with E-state index in [1.54, 1.807) is 0 Å². The summed E-state index contributed by atoms with van der Waals surface area (Å²) in [5, 5.41) is 1.96. The van der Waals surface area contributed by atoms with Crippen LogP contribution >= 0.6 is 0 Å². The van der Waals surface area contributed by atoms with Gasteiger partial charge in [-0.15, -0.1) is 0 Å². The molecule has 7 heteroatoms. The predicted octanol–water partition coefficient (Wildman–Crippen LogP) is 6.56. The number of dihydropyridines is 1. The third-order valence-electron chi connectivity index (χ3n) is 6.90. The van der Waals surface area contributed by atoms with Crippen LogP contribution in [0.3, 0.4) is 0 Å². The summed E-state index contributed by atoms with van der Waals surface area (Å²) in [4.78, 5) is 20.6. The van der Waals surface area contributed by atoms with Crippen LogP contribution in [-0.2, 0) is 4.89 Å². The number of rotatable bonds is 8. The van der Waals surface area contributed by atoms with Crippen LogP contribution < -0.4 is 16.0 Å². The standard InChI is InChI=1S/C25H33N5O2.C5H12/c1-14(2)22-20(12-18-13-30(5)29-25(18)28-22)16(4)27-23(15(3)17-10-11-17)19-8-7-9-21(26)24(19)32-31-6;1-4-5(2)3/h7-9,12-14,17,25,29H,10-11,26H2,1-6H3;5H,4H2,1-3H3/b23-15+,27-16?;. The molecule has 0 saturated heterocycles. The van der Waals surface area contributed by atoms with Crippen LogP contribution in [0.4, 0.5) is 5.69 Å². The Hall–Kier alpha value is -2.90. The fourth-order valence-electron chi connectivity index (χ4n) is 4.23. The molecule has 1 aromatic rings. The second-order valence-electron chi connectivity index (χ2n) is 10.8. The van der Waals surface area contributed by atoms with E-state index < -0.39 is 0 Å². The van der Waals surface area contributed by atoms with E-state index >= 15 is 0 Å². The lowest BCUT2D eigenvalue weighted by molar-refractivity contribution is -0.177. The molecule has 0 aromatic heterocycles. The maximum atomic E-state index is 6.22. The van der Waals surface area contributed by atoms with Crippen LogP contribution in [0.2, 0.25) is 0 Å². The van der Waals surface area contributed by atoms with Crippen molar-refractivity contribution in [3.8, 4) is 5.75 Å². The number of nitrogens with one attached hydrogen (secondary N) is 1. The summed E-state index contributed by atoms with van der Waals surface area (Å²) in [6, 6.07) is 5.72.